The molecule has 0 radical (unpaired) electrons. The molecule has 0 bridgehead atoms. The van der Waals surface area contributed by atoms with Gasteiger partial charge in [-0.1, -0.05) is 6.07 Å². The quantitative estimate of drug-likeness (QED) is 0.553. The number of nitrogens with one attached hydrogen (secondary N) is 1. The van der Waals surface area contributed by atoms with Crippen LogP contribution < -0.4 is 5.32 Å². The lowest BCUT2D eigenvalue weighted by atomic mass is 9.94. The maximum Gasteiger partial charge on any atom is 0.246 e. The van der Waals surface area contributed by atoms with Crippen LogP contribution in [0.5, 0.6) is 0 Å². The number of nitrogens with zero attached hydrogens (tertiary/aromatic N) is 2. The molecule has 0 aliphatic carbocycles. The van der Waals surface area contributed by atoms with E-state index in [4.69, 9.17) is 0 Å². The highest BCUT2D eigenvalue weighted by molar-refractivity contribution is 7.10. The lowest BCUT2D eigenvalue weighted by Gasteiger charge is -2.30. The predicted molar refractivity (Wildman–Crippen MR) is 123 cm³/mol. The summed E-state index contributed by atoms with van der Waals surface area (Å²) in [4.78, 5) is 32.1. The molecular formula is C25H23F2N3O2S. The summed E-state index contributed by atoms with van der Waals surface area (Å²) in [6.45, 7) is 3.21. The van der Waals surface area contributed by atoms with Crippen molar-refractivity contribution >= 4 is 29.2 Å². The van der Waals surface area contributed by atoms with E-state index in [-0.39, 0.29) is 17.4 Å². The summed E-state index contributed by atoms with van der Waals surface area (Å²) in [5, 5.41) is 4.93. The third-order valence-corrected chi connectivity index (χ3v) is 6.46. The van der Waals surface area contributed by atoms with Crippen LogP contribution in [0.2, 0.25) is 0 Å². The first-order chi connectivity index (χ1) is 15.9. The third-order valence-electron chi connectivity index (χ3n) is 5.59. The van der Waals surface area contributed by atoms with Gasteiger partial charge in [0.2, 0.25) is 11.8 Å². The Morgan fingerprint density at radius 3 is 2.76 bits per heavy atom. The SMILES string of the molecule is Cc1ncc2c(c1CNC(=O)Cc1cccs1)CCN(C(=O)/C=C/c1cc(F)cc(F)c1)C2. The number of halogens is 2. The summed E-state index contributed by atoms with van der Waals surface area (Å²) < 4.78 is 26.7. The molecule has 8 heteroatoms. The number of pyridine rings is 1. The zero-order valence-corrected chi connectivity index (χ0v) is 18.9. The molecule has 0 saturated carbocycles. The number of rotatable bonds is 6. The number of benzene rings is 1. The molecule has 3 heterocycles. The van der Waals surface area contributed by atoms with Crippen LogP contribution in [-0.2, 0) is 35.5 Å². The van der Waals surface area contributed by atoms with E-state index in [0.29, 0.717) is 32.5 Å². The molecule has 0 atom stereocenters. The Labute approximate surface area is 194 Å². The lowest BCUT2D eigenvalue weighted by molar-refractivity contribution is -0.126. The van der Waals surface area contributed by atoms with Gasteiger partial charge in [0.15, 0.2) is 0 Å². The van der Waals surface area contributed by atoms with Crippen molar-refractivity contribution in [2.75, 3.05) is 6.54 Å². The van der Waals surface area contributed by atoms with E-state index < -0.39 is 11.6 Å². The molecule has 170 valence electrons. The monoisotopic (exact) mass is 467 g/mol. The average molecular weight is 468 g/mol. The Bertz CT molecular complexity index is 1190. The van der Waals surface area contributed by atoms with Crippen molar-refractivity contribution in [3.8, 4) is 0 Å². The molecule has 33 heavy (non-hydrogen) atoms. The van der Waals surface area contributed by atoms with Crippen LogP contribution in [-0.4, -0.2) is 28.2 Å². The number of carbonyl (C=O) groups excluding carboxylic acids is 2. The Hall–Kier alpha value is -3.39. The number of hydrogen-bond donors (Lipinski definition) is 1. The van der Waals surface area contributed by atoms with Crippen LogP contribution in [0.15, 0.2) is 48.0 Å². The van der Waals surface area contributed by atoms with Gasteiger partial charge >= 0.3 is 0 Å². The molecule has 1 aliphatic heterocycles. The molecule has 3 aromatic rings. The summed E-state index contributed by atoms with van der Waals surface area (Å²) in [5.41, 5.74) is 4.19. The summed E-state index contributed by atoms with van der Waals surface area (Å²) in [6.07, 6.45) is 5.50. The van der Waals surface area contributed by atoms with Gasteiger partial charge in [-0.2, -0.15) is 0 Å². The molecule has 0 unspecified atom stereocenters. The van der Waals surface area contributed by atoms with Crippen LogP contribution in [0.3, 0.4) is 0 Å². The zero-order valence-electron chi connectivity index (χ0n) is 18.1. The normalized spacial score (nSPS) is 13.2. The molecule has 0 fully saturated rings. The molecule has 0 spiro atoms. The molecule has 1 aliphatic rings. The highest BCUT2D eigenvalue weighted by Gasteiger charge is 2.23. The molecule has 4 rings (SSSR count). The van der Waals surface area contributed by atoms with Gasteiger partial charge in [0.25, 0.3) is 0 Å². The Kier molecular flexibility index (Phi) is 6.93. The molecule has 2 amide bonds. The second-order valence-electron chi connectivity index (χ2n) is 7.90. The number of thiophene rings is 1. The predicted octanol–water partition coefficient (Wildman–Crippen LogP) is 4.19. The topological polar surface area (TPSA) is 62.3 Å². The first kappa shape index (κ1) is 22.8. The van der Waals surface area contributed by atoms with Gasteiger partial charge in [0.1, 0.15) is 11.6 Å². The van der Waals surface area contributed by atoms with Crippen LogP contribution in [0.25, 0.3) is 6.08 Å². The number of fused-ring (bicyclic) bond motifs is 1. The van der Waals surface area contributed by atoms with E-state index in [9.17, 15) is 18.4 Å². The van der Waals surface area contributed by atoms with Crippen LogP contribution in [0, 0.1) is 18.6 Å². The zero-order chi connectivity index (χ0) is 23.4. The average Bonchev–Trinajstić information content (AvgIpc) is 3.28. The Morgan fingerprint density at radius 1 is 1.24 bits per heavy atom. The molecule has 1 aromatic carbocycles. The maximum atomic E-state index is 13.3. The summed E-state index contributed by atoms with van der Waals surface area (Å²) in [7, 11) is 0. The third kappa shape index (κ3) is 5.70. The first-order valence-electron chi connectivity index (χ1n) is 10.6. The van der Waals surface area contributed by atoms with Crippen LogP contribution in [0.1, 0.15) is 32.8 Å². The van der Waals surface area contributed by atoms with E-state index in [1.54, 1.807) is 22.4 Å². The maximum absolute atomic E-state index is 13.3. The molecule has 1 N–H and O–H groups in total. The molecule has 5 nitrogen and oxygen atoms in total. The largest absolute Gasteiger partial charge is 0.352 e. The van der Waals surface area contributed by atoms with Crippen LogP contribution in [0.4, 0.5) is 8.78 Å². The van der Waals surface area contributed by atoms with E-state index in [1.807, 2.05) is 24.4 Å². The van der Waals surface area contributed by atoms with Gasteiger partial charge in [-0.25, -0.2) is 8.78 Å². The van der Waals surface area contributed by atoms with E-state index in [0.717, 1.165) is 33.3 Å². The molecule has 0 saturated heterocycles. The lowest BCUT2D eigenvalue weighted by Crippen LogP contribution is -2.36. The number of hydrogen-bond acceptors (Lipinski definition) is 4. The van der Waals surface area contributed by atoms with Crippen molar-refractivity contribution in [3.05, 3.63) is 92.4 Å². The van der Waals surface area contributed by atoms with Gasteiger partial charge in [-0.15, -0.1) is 11.3 Å². The summed E-state index contributed by atoms with van der Waals surface area (Å²) in [6, 6.07) is 6.99. The van der Waals surface area contributed by atoms with Crippen molar-refractivity contribution in [2.45, 2.75) is 32.9 Å². The number of amides is 2. The fourth-order valence-corrected chi connectivity index (χ4v) is 4.61. The van der Waals surface area contributed by atoms with Crippen molar-refractivity contribution < 1.29 is 18.4 Å². The van der Waals surface area contributed by atoms with Crippen molar-refractivity contribution in [2.24, 2.45) is 0 Å². The second-order valence-corrected chi connectivity index (χ2v) is 8.94. The smallest absolute Gasteiger partial charge is 0.246 e. The standard InChI is InChI=1S/C25H23F2N3O2S/c1-16-23(14-29-24(31)12-21-3-2-8-33-21)22-6-7-30(15-18(22)13-28-16)25(32)5-4-17-9-19(26)11-20(27)10-17/h2-5,8-11,13H,6-7,12,14-15H2,1H3,(H,29,31)/b5-4+. The summed E-state index contributed by atoms with van der Waals surface area (Å²) in [5.74, 6) is -1.66. The van der Waals surface area contributed by atoms with Crippen molar-refractivity contribution in [3.63, 3.8) is 0 Å². The molecular weight excluding hydrogens is 444 g/mol. The summed E-state index contributed by atoms with van der Waals surface area (Å²) >= 11 is 1.55. The number of carbonyl (C=O) groups is 2. The highest BCUT2D eigenvalue weighted by Crippen LogP contribution is 2.24. The van der Waals surface area contributed by atoms with E-state index in [1.165, 1.54) is 24.3 Å². The fraction of sp³-hybridized carbons (Fsp3) is 0.240. The first-order valence-corrected chi connectivity index (χ1v) is 11.5. The number of aromatic nitrogens is 1. The fourth-order valence-electron chi connectivity index (χ4n) is 3.91. The van der Waals surface area contributed by atoms with Gasteiger partial charge in [0.05, 0.1) is 6.42 Å². The van der Waals surface area contributed by atoms with Gasteiger partial charge < -0.3 is 10.2 Å². The van der Waals surface area contributed by atoms with E-state index >= 15 is 0 Å². The minimum absolute atomic E-state index is 0.0408. The highest BCUT2D eigenvalue weighted by atomic mass is 32.1. The Morgan fingerprint density at radius 2 is 2.03 bits per heavy atom. The minimum atomic E-state index is -0.689. The van der Waals surface area contributed by atoms with Crippen molar-refractivity contribution in [1.82, 2.24) is 15.2 Å². The van der Waals surface area contributed by atoms with Gasteiger partial charge in [-0.3, -0.25) is 14.6 Å². The van der Waals surface area contributed by atoms with Crippen LogP contribution >= 0.6 is 11.3 Å². The Balaban J connectivity index is 1.42. The number of aryl methyl sites for hydroxylation is 1. The van der Waals surface area contributed by atoms with Gasteiger partial charge in [0, 0.05) is 48.5 Å². The van der Waals surface area contributed by atoms with Gasteiger partial charge in [-0.05, 0) is 65.3 Å². The molecule has 2 aromatic heterocycles. The minimum Gasteiger partial charge on any atom is -0.352 e. The van der Waals surface area contributed by atoms with Crippen molar-refractivity contribution in [1.29, 1.82) is 0 Å². The van der Waals surface area contributed by atoms with E-state index in [2.05, 4.69) is 10.3 Å². The second kappa shape index (κ2) is 10.0.